The molecule has 10 aromatic rings. The van der Waals surface area contributed by atoms with Gasteiger partial charge in [0.25, 0.3) is 0 Å². The zero-order chi connectivity index (χ0) is 30.2. The first-order chi connectivity index (χ1) is 22.8. The molecule has 0 atom stereocenters. The Bertz CT molecular complexity index is 2810. The van der Waals surface area contributed by atoms with Gasteiger partial charge >= 0.3 is 0 Å². The zero-order valence-electron chi connectivity index (χ0n) is 24.6. The number of rotatable bonds is 3. The van der Waals surface area contributed by atoms with Crippen LogP contribution in [0.4, 0.5) is 0 Å². The highest BCUT2D eigenvalue weighted by Gasteiger charge is 2.18. The Hall–Kier alpha value is -5.91. The van der Waals surface area contributed by atoms with Crippen LogP contribution in [0, 0.1) is 0 Å². The van der Waals surface area contributed by atoms with Gasteiger partial charge < -0.3 is 0 Å². The lowest BCUT2D eigenvalue weighted by Crippen LogP contribution is -1.99. The van der Waals surface area contributed by atoms with Crippen LogP contribution in [0.2, 0.25) is 0 Å². The first kappa shape index (κ1) is 25.4. The van der Waals surface area contributed by atoms with Crippen molar-refractivity contribution in [2.75, 3.05) is 0 Å². The summed E-state index contributed by atoms with van der Waals surface area (Å²) in [6.45, 7) is 0. The molecular formula is C41H24N4S. The highest BCUT2D eigenvalue weighted by Crippen LogP contribution is 2.43. The molecule has 0 N–H and O–H groups in total. The van der Waals surface area contributed by atoms with Gasteiger partial charge in [-0.15, -0.1) is 11.3 Å². The minimum absolute atomic E-state index is 0.800. The van der Waals surface area contributed by atoms with E-state index in [2.05, 4.69) is 121 Å². The molecule has 0 unspecified atom stereocenters. The number of pyridine rings is 1. The Balaban J connectivity index is 1.25. The number of fused-ring (bicyclic) bond motifs is 10. The Kier molecular flexibility index (Phi) is 5.41. The Morgan fingerprint density at radius 1 is 0.457 bits per heavy atom. The van der Waals surface area contributed by atoms with E-state index >= 15 is 0 Å². The van der Waals surface area contributed by atoms with Crippen molar-refractivity contribution in [2.45, 2.75) is 0 Å². The van der Waals surface area contributed by atoms with Crippen molar-refractivity contribution in [1.82, 2.24) is 19.6 Å². The summed E-state index contributed by atoms with van der Waals surface area (Å²) in [7, 11) is 0. The molecule has 4 heterocycles. The minimum atomic E-state index is 0.800. The Morgan fingerprint density at radius 3 is 2.02 bits per heavy atom. The fraction of sp³-hybridized carbons (Fsp3) is 0. The van der Waals surface area contributed by atoms with E-state index in [0.29, 0.717) is 0 Å². The third kappa shape index (κ3) is 3.76. The lowest BCUT2D eigenvalue weighted by molar-refractivity contribution is 0.949. The van der Waals surface area contributed by atoms with Gasteiger partial charge in [0.15, 0.2) is 5.82 Å². The summed E-state index contributed by atoms with van der Waals surface area (Å²) < 4.78 is 4.59. The molecule has 0 aliphatic heterocycles. The van der Waals surface area contributed by atoms with Gasteiger partial charge in [-0.3, -0.25) is 0 Å². The van der Waals surface area contributed by atoms with Gasteiger partial charge in [-0.1, -0.05) is 109 Å². The first-order valence-electron chi connectivity index (χ1n) is 15.4. The van der Waals surface area contributed by atoms with Gasteiger partial charge in [0.1, 0.15) is 0 Å². The number of thiophene rings is 1. The first-order valence-corrected chi connectivity index (χ1v) is 16.2. The lowest BCUT2D eigenvalue weighted by Gasteiger charge is -2.13. The molecular weight excluding hydrogens is 581 g/mol. The average molecular weight is 605 g/mol. The standard InChI is InChI=1S/C41H24N4S/c1-2-11-25(12-3-1)34-24-35-28-15-4-7-18-32(28)43-41(45(35)44-34)27-14-10-13-26(23-27)40-31-21-22-37-39(30-17-6-9-20-36(30)46-37)38(31)29-16-5-8-19-33(29)42-40/h1-24H. The number of hydrogen-bond acceptors (Lipinski definition) is 4. The number of hydrogen-bond donors (Lipinski definition) is 0. The molecule has 10 rings (SSSR count). The molecule has 0 fully saturated rings. The molecule has 5 heteroatoms. The number of aromatic nitrogens is 4. The molecule has 214 valence electrons. The fourth-order valence-electron chi connectivity index (χ4n) is 6.90. The third-order valence-corrected chi connectivity index (χ3v) is 10.1. The maximum atomic E-state index is 5.30. The topological polar surface area (TPSA) is 43.1 Å². The van der Waals surface area contributed by atoms with Crippen molar-refractivity contribution in [3.8, 4) is 33.9 Å². The average Bonchev–Trinajstić information content (AvgIpc) is 3.74. The van der Waals surface area contributed by atoms with Gasteiger partial charge in [-0.25, -0.2) is 14.5 Å². The molecule has 0 saturated carbocycles. The summed E-state index contributed by atoms with van der Waals surface area (Å²) in [4.78, 5) is 10.5. The molecule has 0 amide bonds. The monoisotopic (exact) mass is 604 g/mol. The SMILES string of the molecule is c1ccc(-c2cc3c4ccccc4nc(-c4cccc(-c5nc6ccccc6c6c5ccc5sc7ccccc7c56)c4)n3n2)cc1. The van der Waals surface area contributed by atoms with E-state index in [1.807, 2.05) is 40.1 Å². The number of nitrogens with zero attached hydrogens (tertiary/aromatic N) is 4. The van der Waals surface area contributed by atoms with Crippen molar-refractivity contribution in [3.63, 3.8) is 0 Å². The molecule has 46 heavy (non-hydrogen) atoms. The van der Waals surface area contributed by atoms with Crippen molar-refractivity contribution in [3.05, 3.63) is 146 Å². The molecule has 0 radical (unpaired) electrons. The summed E-state index contributed by atoms with van der Waals surface area (Å²) in [5.41, 5.74) is 7.97. The second-order valence-corrected chi connectivity index (χ2v) is 12.7. The van der Waals surface area contributed by atoms with Crippen molar-refractivity contribution < 1.29 is 0 Å². The minimum Gasteiger partial charge on any atom is -0.247 e. The van der Waals surface area contributed by atoms with E-state index in [-0.39, 0.29) is 0 Å². The predicted molar refractivity (Wildman–Crippen MR) is 192 cm³/mol. The summed E-state index contributed by atoms with van der Waals surface area (Å²) >= 11 is 1.85. The van der Waals surface area contributed by atoms with Crippen LogP contribution in [-0.4, -0.2) is 19.6 Å². The second kappa shape index (κ2) is 9.80. The smallest absolute Gasteiger partial charge is 0.161 e. The maximum Gasteiger partial charge on any atom is 0.161 e. The van der Waals surface area contributed by atoms with Gasteiger partial charge in [0.2, 0.25) is 0 Å². The fourth-order valence-corrected chi connectivity index (χ4v) is 8.02. The van der Waals surface area contributed by atoms with E-state index in [1.54, 1.807) is 0 Å². The van der Waals surface area contributed by atoms with Crippen LogP contribution in [0.25, 0.3) is 92.2 Å². The summed E-state index contributed by atoms with van der Waals surface area (Å²) in [5.74, 6) is 0.800. The number of para-hydroxylation sites is 2. The number of benzene rings is 6. The Morgan fingerprint density at radius 2 is 1.15 bits per heavy atom. The molecule has 0 aliphatic rings. The molecule has 4 aromatic heterocycles. The van der Waals surface area contributed by atoms with Crippen LogP contribution < -0.4 is 0 Å². The van der Waals surface area contributed by atoms with Crippen LogP contribution in [0.15, 0.2) is 146 Å². The van der Waals surface area contributed by atoms with E-state index < -0.39 is 0 Å². The molecule has 4 nitrogen and oxygen atoms in total. The van der Waals surface area contributed by atoms with Crippen LogP contribution in [-0.2, 0) is 0 Å². The molecule has 0 saturated heterocycles. The quantitative estimate of drug-likeness (QED) is 0.188. The van der Waals surface area contributed by atoms with Gasteiger partial charge in [-0.2, -0.15) is 5.10 Å². The largest absolute Gasteiger partial charge is 0.247 e. The highest BCUT2D eigenvalue weighted by atomic mass is 32.1. The van der Waals surface area contributed by atoms with Gasteiger partial charge in [-0.05, 0) is 36.4 Å². The predicted octanol–water partition coefficient (Wildman–Crippen LogP) is 11.0. The Labute approximate surface area is 267 Å². The van der Waals surface area contributed by atoms with E-state index in [4.69, 9.17) is 15.1 Å². The van der Waals surface area contributed by atoms with E-state index in [1.165, 1.54) is 30.9 Å². The summed E-state index contributed by atoms with van der Waals surface area (Å²) in [6, 6.07) is 51.1. The normalized spacial score (nSPS) is 11.9. The zero-order valence-corrected chi connectivity index (χ0v) is 25.4. The van der Waals surface area contributed by atoms with Gasteiger partial charge in [0.05, 0.1) is 27.9 Å². The molecule has 0 bridgehead atoms. The second-order valence-electron chi connectivity index (χ2n) is 11.7. The molecule has 0 spiro atoms. The lowest BCUT2D eigenvalue weighted by atomic mass is 9.95. The summed E-state index contributed by atoms with van der Waals surface area (Å²) in [5, 5.41) is 12.3. The molecule has 0 aliphatic carbocycles. The highest BCUT2D eigenvalue weighted by molar-refractivity contribution is 7.26. The maximum absolute atomic E-state index is 5.30. The third-order valence-electron chi connectivity index (χ3n) is 8.98. The van der Waals surface area contributed by atoms with Crippen LogP contribution >= 0.6 is 11.3 Å². The summed E-state index contributed by atoms with van der Waals surface area (Å²) in [6.07, 6.45) is 0. The van der Waals surface area contributed by atoms with Crippen molar-refractivity contribution in [1.29, 1.82) is 0 Å². The van der Waals surface area contributed by atoms with Crippen LogP contribution in [0.5, 0.6) is 0 Å². The van der Waals surface area contributed by atoms with Crippen LogP contribution in [0.3, 0.4) is 0 Å². The van der Waals surface area contributed by atoms with E-state index in [9.17, 15) is 0 Å². The van der Waals surface area contributed by atoms with Crippen molar-refractivity contribution >= 4 is 69.6 Å². The molecule has 6 aromatic carbocycles. The van der Waals surface area contributed by atoms with Gasteiger partial charge in [0, 0.05) is 58.4 Å². The van der Waals surface area contributed by atoms with Crippen LogP contribution in [0.1, 0.15) is 0 Å². The van der Waals surface area contributed by atoms with E-state index in [0.717, 1.165) is 61.2 Å². The van der Waals surface area contributed by atoms with Crippen molar-refractivity contribution in [2.24, 2.45) is 0 Å².